The maximum Gasteiger partial charge on any atom is 0.159 e. The lowest BCUT2D eigenvalue weighted by molar-refractivity contribution is 0.112. The van der Waals surface area contributed by atoms with E-state index in [0.29, 0.717) is 17.4 Å². The zero-order valence-electron chi connectivity index (χ0n) is 8.02. The highest BCUT2D eigenvalue weighted by Gasteiger charge is 2.06. The Morgan fingerprint density at radius 2 is 1.75 bits per heavy atom. The fourth-order valence-corrected chi connectivity index (χ4v) is 1.18. The molecule has 80 valence electrons. The van der Waals surface area contributed by atoms with Gasteiger partial charge in [-0.25, -0.2) is 18.7 Å². The Labute approximate surface area is 89.8 Å². The third-order valence-corrected chi connectivity index (χ3v) is 1.99. The van der Waals surface area contributed by atoms with Crippen molar-refractivity contribution in [3.05, 3.63) is 47.8 Å². The van der Waals surface area contributed by atoms with Gasteiger partial charge in [0.05, 0.1) is 5.56 Å². The van der Waals surface area contributed by atoms with Gasteiger partial charge in [-0.1, -0.05) is 0 Å². The maximum absolute atomic E-state index is 12.9. The Kier molecular flexibility index (Phi) is 2.68. The van der Waals surface area contributed by atoms with Gasteiger partial charge in [-0.3, -0.25) is 4.79 Å². The number of carbonyl (C=O) groups excluding carboxylic acids is 1. The minimum Gasteiger partial charge on any atom is -0.298 e. The first-order valence-corrected chi connectivity index (χ1v) is 4.43. The molecule has 0 saturated carbocycles. The molecule has 5 heteroatoms. The molecule has 0 aliphatic rings. The molecule has 0 radical (unpaired) electrons. The first-order valence-electron chi connectivity index (χ1n) is 4.43. The fourth-order valence-electron chi connectivity index (χ4n) is 1.18. The van der Waals surface area contributed by atoms with Gasteiger partial charge in [0.25, 0.3) is 0 Å². The summed E-state index contributed by atoms with van der Waals surface area (Å²) in [6.45, 7) is 0. The fraction of sp³-hybridized carbons (Fsp3) is 0. The van der Waals surface area contributed by atoms with Crippen molar-refractivity contribution in [1.29, 1.82) is 0 Å². The molecule has 0 unspecified atom stereocenters. The summed E-state index contributed by atoms with van der Waals surface area (Å²) in [5.41, 5.74) is 0.683. The summed E-state index contributed by atoms with van der Waals surface area (Å²) in [4.78, 5) is 18.1. The van der Waals surface area contributed by atoms with Crippen LogP contribution in [0.2, 0.25) is 0 Å². The van der Waals surface area contributed by atoms with E-state index < -0.39 is 11.6 Å². The van der Waals surface area contributed by atoms with Crippen molar-refractivity contribution in [1.82, 2.24) is 9.97 Å². The Hall–Kier alpha value is -2.17. The van der Waals surface area contributed by atoms with Crippen molar-refractivity contribution >= 4 is 6.29 Å². The van der Waals surface area contributed by atoms with Gasteiger partial charge in [-0.15, -0.1) is 0 Å². The molecule has 0 N–H and O–H groups in total. The molecule has 0 spiro atoms. The highest BCUT2D eigenvalue weighted by Crippen LogP contribution is 2.17. The van der Waals surface area contributed by atoms with Crippen LogP contribution in [0, 0.1) is 11.6 Å². The number of nitrogens with zero attached hydrogens (tertiary/aromatic N) is 2. The second kappa shape index (κ2) is 4.14. The highest BCUT2D eigenvalue weighted by atomic mass is 19.2. The van der Waals surface area contributed by atoms with Gasteiger partial charge >= 0.3 is 0 Å². The molecule has 0 atom stereocenters. The normalized spacial score (nSPS) is 10.1. The number of aromatic nitrogens is 2. The van der Waals surface area contributed by atoms with Crippen molar-refractivity contribution in [2.75, 3.05) is 0 Å². The monoisotopic (exact) mass is 220 g/mol. The molecule has 1 aromatic heterocycles. The van der Waals surface area contributed by atoms with Crippen molar-refractivity contribution in [3.8, 4) is 11.4 Å². The molecule has 2 aromatic rings. The zero-order valence-corrected chi connectivity index (χ0v) is 8.02. The van der Waals surface area contributed by atoms with Crippen LogP contribution >= 0.6 is 0 Å². The lowest BCUT2D eigenvalue weighted by atomic mass is 10.2. The van der Waals surface area contributed by atoms with Crippen LogP contribution < -0.4 is 0 Å². The van der Waals surface area contributed by atoms with E-state index in [-0.39, 0.29) is 5.82 Å². The average molecular weight is 220 g/mol. The molecule has 0 amide bonds. The van der Waals surface area contributed by atoms with E-state index in [1.807, 2.05) is 0 Å². The van der Waals surface area contributed by atoms with E-state index in [9.17, 15) is 13.6 Å². The van der Waals surface area contributed by atoms with Crippen LogP contribution in [0.3, 0.4) is 0 Å². The Bertz CT molecular complexity index is 526. The predicted molar refractivity (Wildman–Crippen MR) is 52.8 cm³/mol. The van der Waals surface area contributed by atoms with Crippen molar-refractivity contribution in [3.63, 3.8) is 0 Å². The third kappa shape index (κ3) is 1.93. The number of benzene rings is 1. The molecule has 16 heavy (non-hydrogen) atoms. The van der Waals surface area contributed by atoms with E-state index in [1.54, 1.807) is 0 Å². The van der Waals surface area contributed by atoms with E-state index in [1.165, 1.54) is 18.5 Å². The molecule has 0 fully saturated rings. The Morgan fingerprint density at radius 3 is 2.31 bits per heavy atom. The number of hydrogen-bond donors (Lipinski definition) is 0. The zero-order chi connectivity index (χ0) is 11.5. The van der Waals surface area contributed by atoms with Crippen molar-refractivity contribution in [2.24, 2.45) is 0 Å². The number of aldehydes is 1. The van der Waals surface area contributed by atoms with Gasteiger partial charge in [-0.05, 0) is 18.2 Å². The second-order valence-electron chi connectivity index (χ2n) is 3.09. The van der Waals surface area contributed by atoms with Crippen LogP contribution in [0.1, 0.15) is 10.4 Å². The number of hydrogen-bond acceptors (Lipinski definition) is 3. The molecular formula is C11H6F2N2O. The summed E-state index contributed by atoms with van der Waals surface area (Å²) >= 11 is 0. The molecule has 3 nitrogen and oxygen atoms in total. The number of carbonyl (C=O) groups is 1. The first kappa shape index (κ1) is 10.4. The van der Waals surface area contributed by atoms with E-state index in [4.69, 9.17) is 0 Å². The van der Waals surface area contributed by atoms with Crippen LogP contribution in [-0.4, -0.2) is 16.3 Å². The van der Waals surface area contributed by atoms with E-state index in [2.05, 4.69) is 9.97 Å². The summed E-state index contributed by atoms with van der Waals surface area (Å²) < 4.78 is 25.6. The minimum absolute atomic E-state index is 0.240. The molecule has 0 aliphatic carbocycles. The molecule has 0 aliphatic heterocycles. The number of halogens is 2. The highest BCUT2D eigenvalue weighted by molar-refractivity contribution is 5.73. The second-order valence-corrected chi connectivity index (χ2v) is 3.09. The summed E-state index contributed by atoms with van der Waals surface area (Å²) in [6.07, 6.45) is 3.24. The van der Waals surface area contributed by atoms with Gasteiger partial charge in [0.15, 0.2) is 23.7 Å². The average Bonchev–Trinajstić information content (AvgIpc) is 2.33. The SMILES string of the molecule is O=Cc1cnc(-c2ccc(F)c(F)c2)nc1. The quantitative estimate of drug-likeness (QED) is 0.729. The smallest absolute Gasteiger partial charge is 0.159 e. The minimum atomic E-state index is -0.958. The summed E-state index contributed by atoms with van der Waals surface area (Å²) in [6, 6.07) is 3.38. The molecule has 0 saturated heterocycles. The van der Waals surface area contributed by atoms with Crippen molar-refractivity contribution in [2.45, 2.75) is 0 Å². The van der Waals surface area contributed by atoms with Gasteiger partial charge < -0.3 is 0 Å². The van der Waals surface area contributed by atoms with Crippen LogP contribution in [0.25, 0.3) is 11.4 Å². The van der Waals surface area contributed by atoms with E-state index >= 15 is 0 Å². The number of rotatable bonds is 2. The van der Waals surface area contributed by atoms with Gasteiger partial charge in [-0.2, -0.15) is 0 Å². The Balaban J connectivity index is 2.42. The van der Waals surface area contributed by atoms with Gasteiger partial charge in [0, 0.05) is 18.0 Å². The van der Waals surface area contributed by atoms with Crippen LogP contribution in [-0.2, 0) is 0 Å². The van der Waals surface area contributed by atoms with Crippen LogP contribution in [0.5, 0.6) is 0 Å². The van der Waals surface area contributed by atoms with Crippen LogP contribution in [0.4, 0.5) is 8.78 Å². The predicted octanol–water partition coefficient (Wildman–Crippen LogP) is 2.23. The molecular weight excluding hydrogens is 214 g/mol. The summed E-state index contributed by atoms with van der Waals surface area (Å²) in [5.74, 6) is -1.64. The first-order chi connectivity index (χ1) is 7.70. The summed E-state index contributed by atoms with van der Waals surface area (Å²) in [5, 5.41) is 0. The Morgan fingerprint density at radius 1 is 1.06 bits per heavy atom. The van der Waals surface area contributed by atoms with Gasteiger partial charge in [0.1, 0.15) is 0 Å². The van der Waals surface area contributed by atoms with E-state index in [0.717, 1.165) is 12.1 Å². The maximum atomic E-state index is 12.9. The third-order valence-electron chi connectivity index (χ3n) is 1.99. The molecule has 1 heterocycles. The lowest BCUT2D eigenvalue weighted by Gasteiger charge is -2.00. The standard InChI is InChI=1S/C11H6F2N2O/c12-9-2-1-8(3-10(9)13)11-14-4-7(6-16)5-15-11/h1-6H. The van der Waals surface area contributed by atoms with Crippen LogP contribution in [0.15, 0.2) is 30.6 Å². The van der Waals surface area contributed by atoms with Crippen molar-refractivity contribution < 1.29 is 13.6 Å². The molecule has 0 bridgehead atoms. The topological polar surface area (TPSA) is 42.9 Å². The largest absolute Gasteiger partial charge is 0.298 e. The summed E-state index contributed by atoms with van der Waals surface area (Å²) in [7, 11) is 0. The molecule has 1 aromatic carbocycles. The van der Waals surface area contributed by atoms with Gasteiger partial charge in [0.2, 0.25) is 0 Å². The lowest BCUT2D eigenvalue weighted by Crippen LogP contribution is -1.92. The molecule has 2 rings (SSSR count).